The number of hydrogen-bond donors (Lipinski definition) is 0. The van der Waals surface area contributed by atoms with Gasteiger partial charge in [0.25, 0.3) is 5.89 Å². The molecule has 1 aromatic carbocycles. The Morgan fingerprint density at radius 1 is 1.35 bits per heavy atom. The fourth-order valence-electron chi connectivity index (χ4n) is 2.42. The summed E-state index contributed by atoms with van der Waals surface area (Å²) in [6.07, 6.45) is 3.37. The summed E-state index contributed by atoms with van der Waals surface area (Å²) in [4.78, 5) is 4.42. The third kappa shape index (κ3) is 2.70. The Balaban J connectivity index is 1.81. The summed E-state index contributed by atoms with van der Waals surface area (Å²) in [5.74, 6) is 1.14. The maximum absolute atomic E-state index is 8.85. The van der Waals surface area contributed by atoms with Crippen LogP contribution in [0.1, 0.15) is 24.2 Å². The van der Waals surface area contributed by atoms with Crippen LogP contribution in [0.3, 0.4) is 0 Å². The molecule has 0 saturated carbocycles. The fraction of sp³-hybridized carbons (Fsp3) is 0.400. The molecule has 0 bridgehead atoms. The quantitative estimate of drug-likeness (QED) is 0.852. The number of benzene rings is 1. The monoisotopic (exact) mass is 269 g/mol. The molecule has 0 radical (unpaired) electrons. The lowest BCUT2D eigenvalue weighted by Gasteiger charge is -2.04. The Hall–Kier alpha value is -2.19. The minimum absolute atomic E-state index is 0.204. The van der Waals surface area contributed by atoms with Gasteiger partial charge in [0.15, 0.2) is 5.82 Å². The topological polar surface area (TPSA) is 71.9 Å². The van der Waals surface area contributed by atoms with Gasteiger partial charge in [-0.2, -0.15) is 10.2 Å². The van der Waals surface area contributed by atoms with Gasteiger partial charge >= 0.3 is 0 Å². The van der Waals surface area contributed by atoms with E-state index in [2.05, 4.69) is 16.2 Å². The van der Waals surface area contributed by atoms with Crippen molar-refractivity contribution in [2.45, 2.75) is 31.8 Å². The van der Waals surface area contributed by atoms with Gasteiger partial charge < -0.3 is 9.26 Å². The fourth-order valence-corrected chi connectivity index (χ4v) is 2.42. The second-order valence-electron chi connectivity index (χ2n) is 4.85. The summed E-state index contributed by atoms with van der Waals surface area (Å²) in [6, 6.07) is 9.76. The molecule has 1 saturated heterocycles. The number of rotatable bonds is 4. The Labute approximate surface area is 117 Å². The predicted octanol–water partition coefficient (Wildman–Crippen LogP) is 2.52. The van der Waals surface area contributed by atoms with E-state index in [0.717, 1.165) is 30.6 Å². The molecule has 0 amide bonds. The van der Waals surface area contributed by atoms with Crippen LogP contribution in [0.25, 0.3) is 11.5 Å². The first-order chi connectivity index (χ1) is 9.86. The van der Waals surface area contributed by atoms with Crippen molar-refractivity contribution in [1.82, 2.24) is 10.1 Å². The van der Waals surface area contributed by atoms with Gasteiger partial charge in [0.1, 0.15) is 0 Å². The first kappa shape index (κ1) is 12.8. The third-order valence-corrected chi connectivity index (χ3v) is 3.42. The van der Waals surface area contributed by atoms with Crippen LogP contribution in [-0.4, -0.2) is 22.9 Å². The SMILES string of the molecule is N#CCc1ccccc1-c1nc(CC2CCCO2)no1. The summed E-state index contributed by atoms with van der Waals surface area (Å²) in [5, 5.41) is 12.9. The van der Waals surface area contributed by atoms with E-state index in [9.17, 15) is 0 Å². The van der Waals surface area contributed by atoms with Gasteiger partial charge in [0, 0.05) is 18.6 Å². The van der Waals surface area contributed by atoms with Crippen molar-refractivity contribution in [1.29, 1.82) is 5.26 Å². The van der Waals surface area contributed by atoms with Gasteiger partial charge in [-0.1, -0.05) is 23.4 Å². The molecule has 102 valence electrons. The van der Waals surface area contributed by atoms with Crippen molar-refractivity contribution in [3.8, 4) is 17.5 Å². The summed E-state index contributed by atoms with van der Waals surface area (Å²) >= 11 is 0. The van der Waals surface area contributed by atoms with Crippen molar-refractivity contribution in [2.24, 2.45) is 0 Å². The van der Waals surface area contributed by atoms with E-state index in [0.29, 0.717) is 24.6 Å². The highest BCUT2D eigenvalue weighted by molar-refractivity contribution is 5.59. The van der Waals surface area contributed by atoms with E-state index in [1.807, 2.05) is 24.3 Å². The highest BCUT2D eigenvalue weighted by Crippen LogP contribution is 2.23. The third-order valence-electron chi connectivity index (χ3n) is 3.42. The molecular weight excluding hydrogens is 254 g/mol. The average Bonchev–Trinajstić information content (AvgIpc) is 3.12. The van der Waals surface area contributed by atoms with E-state index in [1.165, 1.54) is 0 Å². The number of nitriles is 1. The van der Waals surface area contributed by atoms with Gasteiger partial charge in [-0.25, -0.2) is 0 Å². The molecule has 2 aromatic rings. The number of aromatic nitrogens is 2. The second kappa shape index (κ2) is 5.85. The van der Waals surface area contributed by atoms with Crippen LogP contribution in [0.5, 0.6) is 0 Å². The molecule has 0 spiro atoms. The van der Waals surface area contributed by atoms with Gasteiger partial charge in [-0.3, -0.25) is 0 Å². The van der Waals surface area contributed by atoms with E-state index in [4.69, 9.17) is 14.5 Å². The van der Waals surface area contributed by atoms with Gasteiger partial charge in [-0.15, -0.1) is 0 Å². The smallest absolute Gasteiger partial charge is 0.258 e. The highest BCUT2D eigenvalue weighted by atomic mass is 16.5. The summed E-state index contributed by atoms with van der Waals surface area (Å²) in [5.41, 5.74) is 1.74. The summed E-state index contributed by atoms with van der Waals surface area (Å²) in [7, 11) is 0. The molecule has 1 unspecified atom stereocenters. The molecule has 0 N–H and O–H groups in total. The lowest BCUT2D eigenvalue weighted by atomic mass is 10.1. The van der Waals surface area contributed by atoms with Crippen LogP contribution < -0.4 is 0 Å². The molecule has 1 atom stereocenters. The standard InChI is InChI=1S/C15H15N3O2/c16-8-7-11-4-1-2-6-13(11)15-17-14(18-20-15)10-12-5-3-9-19-12/h1-2,4,6,12H,3,5,7,9-10H2. The molecule has 3 rings (SSSR count). The van der Waals surface area contributed by atoms with Crippen molar-refractivity contribution >= 4 is 0 Å². The summed E-state index contributed by atoms with van der Waals surface area (Å²) < 4.78 is 10.9. The molecule has 20 heavy (non-hydrogen) atoms. The van der Waals surface area contributed by atoms with E-state index in [1.54, 1.807) is 0 Å². The van der Waals surface area contributed by atoms with Gasteiger partial charge in [0.2, 0.25) is 0 Å². The van der Waals surface area contributed by atoms with Crippen LogP contribution in [0.2, 0.25) is 0 Å². The second-order valence-corrected chi connectivity index (χ2v) is 4.85. The Morgan fingerprint density at radius 3 is 3.05 bits per heavy atom. The zero-order chi connectivity index (χ0) is 13.8. The molecule has 2 heterocycles. The Bertz CT molecular complexity index is 624. The first-order valence-corrected chi connectivity index (χ1v) is 6.76. The molecule has 5 nitrogen and oxygen atoms in total. The molecule has 1 aliphatic rings. The van der Waals surface area contributed by atoms with Crippen molar-refractivity contribution in [3.63, 3.8) is 0 Å². The largest absolute Gasteiger partial charge is 0.378 e. The van der Waals surface area contributed by atoms with Crippen LogP contribution in [0.15, 0.2) is 28.8 Å². The number of ether oxygens (including phenoxy) is 1. The number of hydrogen-bond acceptors (Lipinski definition) is 5. The molecular formula is C15H15N3O2. The normalized spacial score (nSPS) is 18.1. The maximum atomic E-state index is 8.85. The summed E-state index contributed by atoms with van der Waals surface area (Å²) in [6.45, 7) is 0.820. The predicted molar refractivity (Wildman–Crippen MR) is 71.7 cm³/mol. The first-order valence-electron chi connectivity index (χ1n) is 6.76. The van der Waals surface area contributed by atoms with Crippen molar-refractivity contribution in [3.05, 3.63) is 35.7 Å². The van der Waals surface area contributed by atoms with E-state index < -0.39 is 0 Å². The Kier molecular flexibility index (Phi) is 3.75. The van der Waals surface area contributed by atoms with Crippen LogP contribution in [-0.2, 0) is 17.6 Å². The minimum atomic E-state index is 0.204. The lowest BCUT2D eigenvalue weighted by molar-refractivity contribution is 0.109. The highest BCUT2D eigenvalue weighted by Gasteiger charge is 2.20. The van der Waals surface area contributed by atoms with Crippen LogP contribution in [0, 0.1) is 11.3 Å². The van der Waals surface area contributed by atoms with Gasteiger partial charge in [0.05, 0.1) is 18.6 Å². The van der Waals surface area contributed by atoms with Gasteiger partial charge in [-0.05, 0) is 24.5 Å². The minimum Gasteiger partial charge on any atom is -0.378 e. The van der Waals surface area contributed by atoms with Crippen molar-refractivity contribution in [2.75, 3.05) is 6.61 Å². The molecule has 1 aliphatic heterocycles. The van der Waals surface area contributed by atoms with Crippen LogP contribution >= 0.6 is 0 Å². The molecule has 1 aromatic heterocycles. The van der Waals surface area contributed by atoms with E-state index in [-0.39, 0.29) is 6.10 Å². The maximum Gasteiger partial charge on any atom is 0.258 e. The molecule has 1 fully saturated rings. The zero-order valence-corrected chi connectivity index (χ0v) is 11.1. The van der Waals surface area contributed by atoms with Crippen molar-refractivity contribution < 1.29 is 9.26 Å². The van der Waals surface area contributed by atoms with E-state index >= 15 is 0 Å². The Morgan fingerprint density at radius 2 is 2.25 bits per heavy atom. The van der Waals surface area contributed by atoms with Crippen LogP contribution in [0.4, 0.5) is 0 Å². The molecule has 0 aliphatic carbocycles. The number of nitrogens with zero attached hydrogens (tertiary/aromatic N) is 3. The lowest BCUT2D eigenvalue weighted by Crippen LogP contribution is -2.09. The average molecular weight is 269 g/mol. The zero-order valence-electron chi connectivity index (χ0n) is 11.1. The molecule has 5 heteroatoms.